The standard InChI is InChI=1S/C16H15ClN6O/c17-11-7-18-16(19-8-11)23-9-12(24)6-13(23)15-20-14(21-22-15)10-4-2-1-3-5-10/h1-5,7-8,12-13,24H,6,9H2,(H,20,21,22)/t12-,13+/m1/s1. The molecule has 0 saturated carbocycles. The van der Waals surface area contributed by atoms with Gasteiger partial charge in [0, 0.05) is 18.5 Å². The number of aromatic nitrogens is 5. The minimum absolute atomic E-state index is 0.161. The number of nitrogens with zero attached hydrogens (tertiary/aromatic N) is 5. The molecular formula is C16H15ClN6O. The van der Waals surface area contributed by atoms with Gasteiger partial charge in [0.05, 0.1) is 29.6 Å². The van der Waals surface area contributed by atoms with Gasteiger partial charge in [0.1, 0.15) is 5.82 Å². The lowest BCUT2D eigenvalue weighted by molar-refractivity contribution is 0.194. The van der Waals surface area contributed by atoms with Crippen LogP contribution in [0.1, 0.15) is 18.3 Å². The summed E-state index contributed by atoms with van der Waals surface area (Å²) in [5.41, 5.74) is 0.938. The molecule has 2 N–H and O–H groups in total. The van der Waals surface area contributed by atoms with Crippen LogP contribution in [0.25, 0.3) is 11.4 Å². The highest BCUT2D eigenvalue weighted by Gasteiger charge is 2.36. The summed E-state index contributed by atoms with van der Waals surface area (Å²) in [5.74, 6) is 1.83. The molecule has 1 aliphatic heterocycles. The monoisotopic (exact) mass is 342 g/mol. The third-order valence-electron chi connectivity index (χ3n) is 3.99. The zero-order valence-electron chi connectivity index (χ0n) is 12.7. The Bertz CT molecular complexity index is 822. The van der Waals surface area contributed by atoms with E-state index in [2.05, 4.69) is 25.1 Å². The van der Waals surface area contributed by atoms with Crippen molar-refractivity contribution >= 4 is 17.5 Å². The number of aliphatic hydroxyl groups is 1. The molecule has 1 aliphatic rings. The molecule has 122 valence electrons. The highest BCUT2D eigenvalue weighted by molar-refractivity contribution is 6.30. The van der Waals surface area contributed by atoms with Gasteiger partial charge in [-0.05, 0) is 0 Å². The molecule has 2 aromatic heterocycles. The summed E-state index contributed by atoms with van der Waals surface area (Å²) in [6.07, 6.45) is 3.15. The Hall–Kier alpha value is -2.51. The van der Waals surface area contributed by atoms with E-state index in [1.165, 1.54) is 0 Å². The summed E-state index contributed by atoms with van der Waals surface area (Å²) < 4.78 is 0. The minimum Gasteiger partial charge on any atom is -0.391 e. The number of benzene rings is 1. The number of nitrogens with one attached hydrogen (secondary N) is 1. The van der Waals surface area contributed by atoms with Crippen molar-refractivity contribution in [1.29, 1.82) is 0 Å². The maximum atomic E-state index is 10.1. The average molecular weight is 343 g/mol. The molecule has 1 aromatic carbocycles. The predicted molar refractivity (Wildman–Crippen MR) is 89.6 cm³/mol. The van der Waals surface area contributed by atoms with E-state index in [0.717, 1.165) is 5.56 Å². The number of H-pyrrole nitrogens is 1. The molecule has 0 unspecified atom stereocenters. The molecule has 0 bridgehead atoms. The Kier molecular flexibility index (Phi) is 3.87. The average Bonchev–Trinajstić information content (AvgIpc) is 3.23. The van der Waals surface area contributed by atoms with E-state index >= 15 is 0 Å². The number of halogens is 1. The quantitative estimate of drug-likeness (QED) is 0.758. The number of hydrogen-bond donors (Lipinski definition) is 2. The zero-order chi connectivity index (χ0) is 16.5. The van der Waals surface area contributed by atoms with Crippen LogP contribution in [-0.4, -0.2) is 42.9 Å². The Labute approximate surface area is 143 Å². The topological polar surface area (TPSA) is 90.8 Å². The second-order valence-electron chi connectivity index (χ2n) is 5.67. The molecule has 3 aromatic rings. The number of anilines is 1. The number of rotatable bonds is 3. The highest BCUT2D eigenvalue weighted by atomic mass is 35.5. The summed E-state index contributed by atoms with van der Waals surface area (Å²) >= 11 is 5.85. The van der Waals surface area contributed by atoms with Gasteiger partial charge in [-0.1, -0.05) is 41.9 Å². The first-order chi connectivity index (χ1) is 11.7. The van der Waals surface area contributed by atoms with Crippen molar-refractivity contribution in [2.45, 2.75) is 18.6 Å². The van der Waals surface area contributed by atoms with Gasteiger partial charge in [0.15, 0.2) is 5.82 Å². The lowest BCUT2D eigenvalue weighted by atomic mass is 10.2. The van der Waals surface area contributed by atoms with Crippen molar-refractivity contribution in [1.82, 2.24) is 25.1 Å². The van der Waals surface area contributed by atoms with E-state index < -0.39 is 6.10 Å². The van der Waals surface area contributed by atoms with Crippen LogP contribution in [0.5, 0.6) is 0 Å². The van der Waals surface area contributed by atoms with Gasteiger partial charge in [-0.3, -0.25) is 5.10 Å². The van der Waals surface area contributed by atoms with Crippen LogP contribution in [0.15, 0.2) is 42.7 Å². The Morgan fingerprint density at radius 2 is 1.92 bits per heavy atom. The van der Waals surface area contributed by atoms with Crippen molar-refractivity contribution in [3.05, 3.63) is 53.6 Å². The van der Waals surface area contributed by atoms with Gasteiger partial charge in [0.25, 0.3) is 0 Å². The fraction of sp³-hybridized carbons (Fsp3) is 0.250. The SMILES string of the molecule is O[C@@H]1C[C@@H](c2nc(-c3ccccc3)n[nH]2)N(c2ncc(Cl)cn2)C1. The van der Waals surface area contributed by atoms with Crippen LogP contribution < -0.4 is 4.90 Å². The second kappa shape index (κ2) is 6.18. The van der Waals surface area contributed by atoms with Gasteiger partial charge in [-0.25, -0.2) is 15.0 Å². The van der Waals surface area contributed by atoms with E-state index in [1.54, 1.807) is 12.4 Å². The Balaban J connectivity index is 1.64. The van der Waals surface area contributed by atoms with Gasteiger partial charge in [0.2, 0.25) is 5.95 Å². The third kappa shape index (κ3) is 2.83. The summed E-state index contributed by atoms with van der Waals surface area (Å²) in [7, 11) is 0. The lowest BCUT2D eigenvalue weighted by Crippen LogP contribution is -2.26. The van der Waals surface area contributed by atoms with Crippen LogP contribution in [0.3, 0.4) is 0 Å². The lowest BCUT2D eigenvalue weighted by Gasteiger charge is -2.22. The normalized spacial score (nSPS) is 20.5. The van der Waals surface area contributed by atoms with E-state index in [9.17, 15) is 5.11 Å². The molecule has 3 heterocycles. The van der Waals surface area contributed by atoms with E-state index in [4.69, 9.17) is 11.6 Å². The summed E-state index contributed by atoms with van der Waals surface area (Å²) in [4.78, 5) is 15.0. The third-order valence-corrected chi connectivity index (χ3v) is 4.19. The van der Waals surface area contributed by atoms with Crippen LogP contribution in [-0.2, 0) is 0 Å². The van der Waals surface area contributed by atoms with Gasteiger partial charge in [-0.15, -0.1) is 0 Å². The summed E-state index contributed by atoms with van der Waals surface area (Å²) in [5, 5.41) is 17.8. The predicted octanol–water partition coefficient (Wildman–Crippen LogP) is 2.23. The van der Waals surface area contributed by atoms with E-state index in [1.807, 2.05) is 35.2 Å². The van der Waals surface area contributed by atoms with Crippen LogP contribution in [0, 0.1) is 0 Å². The molecule has 24 heavy (non-hydrogen) atoms. The minimum atomic E-state index is -0.473. The van der Waals surface area contributed by atoms with E-state index in [0.29, 0.717) is 35.6 Å². The molecule has 2 atom stereocenters. The first kappa shape index (κ1) is 15.0. The number of β-amino-alcohol motifs (C(OH)–C–C–N with tert-alkyl or cyclic N) is 1. The molecule has 0 radical (unpaired) electrons. The van der Waals surface area contributed by atoms with Crippen molar-refractivity contribution < 1.29 is 5.11 Å². The maximum Gasteiger partial charge on any atom is 0.226 e. The maximum absolute atomic E-state index is 10.1. The molecular weight excluding hydrogens is 328 g/mol. The molecule has 1 fully saturated rings. The molecule has 1 saturated heterocycles. The first-order valence-electron chi connectivity index (χ1n) is 7.60. The first-order valence-corrected chi connectivity index (χ1v) is 7.98. The number of aromatic amines is 1. The zero-order valence-corrected chi connectivity index (χ0v) is 13.4. The summed E-state index contributed by atoms with van der Waals surface area (Å²) in [6.45, 7) is 0.438. The largest absolute Gasteiger partial charge is 0.391 e. The van der Waals surface area contributed by atoms with E-state index in [-0.39, 0.29) is 6.04 Å². The Morgan fingerprint density at radius 3 is 2.67 bits per heavy atom. The van der Waals surface area contributed by atoms with Gasteiger partial charge in [-0.2, -0.15) is 5.10 Å². The Morgan fingerprint density at radius 1 is 1.17 bits per heavy atom. The van der Waals surface area contributed by atoms with Crippen LogP contribution in [0.4, 0.5) is 5.95 Å². The second-order valence-corrected chi connectivity index (χ2v) is 6.11. The summed E-state index contributed by atoms with van der Waals surface area (Å²) in [6, 6.07) is 9.58. The fourth-order valence-corrected chi connectivity index (χ4v) is 2.99. The van der Waals surface area contributed by atoms with Crippen LogP contribution in [0.2, 0.25) is 5.02 Å². The van der Waals surface area contributed by atoms with Crippen molar-refractivity contribution in [3.63, 3.8) is 0 Å². The molecule has 4 rings (SSSR count). The fourth-order valence-electron chi connectivity index (χ4n) is 2.89. The smallest absolute Gasteiger partial charge is 0.226 e. The van der Waals surface area contributed by atoms with Crippen molar-refractivity contribution in [2.75, 3.05) is 11.4 Å². The number of hydrogen-bond acceptors (Lipinski definition) is 6. The molecule has 0 amide bonds. The highest BCUT2D eigenvalue weighted by Crippen LogP contribution is 2.33. The van der Waals surface area contributed by atoms with Crippen molar-refractivity contribution in [3.8, 4) is 11.4 Å². The molecule has 0 aliphatic carbocycles. The van der Waals surface area contributed by atoms with Crippen LogP contribution >= 0.6 is 11.6 Å². The molecule has 7 nitrogen and oxygen atoms in total. The molecule has 8 heteroatoms. The van der Waals surface area contributed by atoms with Gasteiger partial charge < -0.3 is 10.0 Å². The molecule has 0 spiro atoms. The van der Waals surface area contributed by atoms with Crippen molar-refractivity contribution in [2.24, 2.45) is 0 Å². The van der Waals surface area contributed by atoms with Gasteiger partial charge >= 0.3 is 0 Å². The number of aliphatic hydroxyl groups excluding tert-OH is 1.